The van der Waals surface area contributed by atoms with Gasteiger partial charge in [0.05, 0.1) is 0 Å². The van der Waals surface area contributed by atoms with Crippen molar-refractivity contribution in [2.75, 3.05) is 19.6 Å². The third-order valence-electron chi connectivity index (χ3n) is 4.52. The van der Waals surface area contributed by atoms with Crippen LogP contribution in [-0.2, 0) is 4.74 Å². The molecule has 27 heavy (non-hydrogen) atoms. The third kappa shape index (κ3) is 7.89. The summed E-state index contributed by atoms with van der Waals surface area (Å²) in [6.07, 6.45) is 3.61. The molecular formula is C20H32N2O4S. The van der Waals surface area contributed by atoms with Gasteiger partial charge in [0.2, 0.25) is 0 Å². The van der Waals surface area contributed by atoms with Crippen LogP contribution in [0.15, 0.2) is 23.1 Å². The molecular weight excluding hydrogens is 364 g/mol. The Kier molecular flexibility index (Phi) is 8.57. The van der Waals surface area contributed by atoms with Gasteiger partial charge in [-0.1, -0.05) is 20.8 Å². The van der Waals surface area contributed by atoms with Gasteiger partial charge in [0.1, 0.15) is 6.10 Å². The first-order chi connectivity index (χ1) is 12.8. The molecule has 6 nitrogen and oxygen atoms in total. The van der Waals surface area contributed by atoms with E-state index in [0.29, 0.717) is 18.4 Å². The van der Waals surface area contributed by atoms with Crippen molar-refractivity contribution in [3.63, 3.8) is 0 Å². The molecule has 2 unspecified atom stereocenters. The first-order valence-corrected chi connectivity index (χ1v) is 10.5. The van der Waals surface area contributed by atoms with Crippen molar-refractivity contribution in [1.82, 2.24) is 9.62 Å². The summed E-state index contributed by atoms with van der Waals surface area (Å²) in [6, 6.07) is 4.84. The summed E-state index contributed by atoms with van der Waals surface area (Å²) in [6.45, 7) is 8.75. The molecule has 1 fully saturated rings. The molecule has 1 amide bonds. The van der Waals surface area contributed by atoms with Crippen molar-refractivity contribution >= 4 is 18.0 Å². The number of carbonyl (C=O) groups is 1. The number of phenols is 2. The summed E-state index contributed by atoms with van der Waals surface area (Å²) in [5.74, 6) is 0.901. The summed E-state index contributed by atoms with van der Waals surface area (Å²) < 4.78 is 7.66. The first kappa shape index (κ1) is 21.7. The number of aromatic hydroxyl groups is 2. The second kappa shape index (κ2) is 10.7. The van der Waals surface area contributed by atoms with E-state index in [4.69, 9.17) is 4.74 Å². The van der Waals surface area contributed by atoms with Crippen LogP contribution in [0.1, 0.15) is 46.5 Å². The van der Waals surface area contributed by atoms with Crippen molar-refractivity contribution in [2.45, 2.75) is 57.5 Å². The van der Waals surface area contributed by atoms with Crippen LogP contribution in [0.2, 0.25) is 0 Å². The van der Waals surface area contributed by atoms with Gasteiger partial charge >= 0.3 is 6.09 Å². The minimum absolute atomic E-state index is 0.0650. The van der Waals surface area contributed by atoms with Crippen molar-refractivity contribution < 1.29 is 19.7 Å². The highest BCUT2D eigenvalue weighted by Crippen LogP contribution is 2.32. The third-order valence-corrected chi connectivity index (χ3v) is 5.58. The molecule has 7 heteroatoms. The predicted octanol–water partition coefficient (Wildman–Crippen LogP) is 4.37. The number of benzene rings is 1. The minimum Gasteiger partial charge on any atom is -0.504 e. The molecule has 0 saturated heterocycles. The molecule has 0 aromatic heterocycles. The SMILES string of the molecule is CC(C)CN(CCCNC(=O)OC1CCC(C)C1)Sc1ccc(O)c(O)c1. The monoisotopic (exact) mass is 396 g/mol. The van der Waals surface area contributed by atoms with Gasteiger partial charge < -0.3 is 20.3 Å². The van der Waals surface area contributed by atoms with Crippen molar-refractivity contribution in [1.29, 1.82) is 0 Å². The fourth-order valence-electron chi connectivity index (χ4n) is 3.19. The van der Waals surface area contributed by atoms with E-state index in [0.717, 1.165) is 43.7 Å². The zero-order valence-electron chi connectivity index (χ0n) is 16.5. The average Bonchev–Trinajstić information content (AvgIpc) is 2.99. The smallest absolute Gasteiger partial charge is 0.407 e. The molecule has 0 heterocycles. The summed E-state index contributed by atoms with van der Waals surface area (Å²) >= 11 is 1.54. The Bertz CT molecular complexity index is 612. The van der Waals surface area contributed by atoms with Gasteiger partial charge in [-0.15, -0.1) is 0 Å². The second-order valence-electron chi connectivity index (χ2n) is 7.75. The first-order valence-electron chi connectivity index (χ1n) is 9.73. The molecule has 2 rings (SSSR count). The molecule has 1 saturated carbocycles. The molecule has 0 radical (unpaired) electrons. The number of hydrogen-bond acceptors (Lipinski definition) is 6. The number of hydrogen-bond donors (Lipinski definition) is 3. The van der Waals surface area contributed by atoms with E-state index in [2.05, 4.69) is 30.4 Å². The molecule has 1 aliphatic carbocycles. The zero-order chi connectivity index (χ0) is 19.8. The van der Waals surface area contributed by atoms with Gasteiger partial charge in [0.15, 0.2) is 11.5 Å². The highest BCUT2D eigenvalue weighted by molar-refractivity contribution is 7.97. The Morgan fingerprint density at radius 2 is 2.11 bits per heavy atom. The van der Waals surface area contributed by atoms with Crippen LogP contribution in [0.4, 0.5) is 4.79 Å². The lowest BCUT2D eigenvalue weighted by molar-refractivity contribution is 0.0990. The van der Waals surface area contributed by atoms with Gasteiger partial charge in [0.25, 0.3) is 0 Å². The maximum atomic E-state index is 11.9. The van der Waals surface area contributed by atoms with Gasteiger partial charge in [-0.3, -0.25) is 0 Å². The van der Waals surface area contributed by atoms with Crippen LogP contribution in [0, 0.1) is 11.8 Å². The molecule has 0 spiro atoms. The minimum atomic E-state index is -0.319. The Labute approximate surface area is 166 Å². The standard InChI is InChI=1S/C20H32N2O4S/c1-14(2)13-22(27-17-7-8-18(23)19(24)12-17)10-4-9-21-20(25)26-16-6-5-15(3)11-16/h7-8,12,14-16,23-24H,4-6,9-11,13H2,1-3H3,(H,21,25). The Balaban J connectivity index is 1.73. The maximum Gasteiger partial charge on any atom is 0.407 e. The maximum absolute atomic E-state index is 11.9. The average molecular weight is 397 g/mol. The quantitative estimate of drug-likeness (QED) is 0.327. The summed E-state index contributed by atoms with van der Waals surface area (Å²) in [4.78, 5) is 12.8. The zero-order valence-corrected chi connectivity index (χ0v) is 17.3. The van der Waals surface area contributed by atoms with Crippen LogP contribution in [0.5, 0.6) is 11.5 Å². The van der Waals surface area contributed by atoms with Crippen LogP contribution in [0.3, 0.4) is 0 Å². The second-order valence-corrected chi connectivity index (χ2v) is 8.92. The van der Waals surface area contributed by atoms with E-state index < -0.39 is 0 Å². The predicted molar refractivity (Wildman–Crippen MR) is 108 cm³/mol. The fourth-order valence-corrected chi connectivity index (χ4v) is 4.38. The number of carbonyl (C=O) groups excluding carboxylic acids is 1. The number of nitrogens with one attached hydrogen (secondary N) is 1. The number of ether oxygens (including phenoxy) is 1. The van der Waals surface area contributed by atoms with Crippen molar-refractivity contribution in [3.05, 3.63) is 18.2 Å². The molecule has 0 bridgehead atoms. The summed E-state index contributed by atoms with van der Waals surface area (Å²) in [5.41, 5.74) is 0. The number of alkyl carbamates (subject to hydrolysis) is 1. The number of nitrogens with zero attached hydrogens (tertiary/aromatic N) is 1. The van der Waals surface area contributed by atoms with E-state index >= 15 is 0 Å². The summed E-state index contributed by atoms with van der Waals surface area (Å²) in [5, 5.41) is 21.9. The lowest BCUT2D eigenvalue weighted by Crippen LogP contribution is -2.31. The molecule has 1 aliphatic rings. The Hall–Kier alpha value is -1.60. The number of rotatable bonds is 9. The van der Waals surface area contributed by atoms with E-state index in [9.17, 15) is 15.0 Å². The van der Waals surface area contributed by atoms with Gasteiger partial charge in [-0.2, -0.15) is 0 Å². The molecule has 152 valence electrons. The van der Waals surface area contributed by atoms with Gasteiger partial charge in [0, 0.05) is 24.5 Å². The lowest BCUT2D eigenvalue weighted by atomic mass is 10.1. The Morgan fingerprint density at radius 3 is 2.74 bits per heavy atom. The van der Waals surface area contributed by atoms with Crippen LogP contribution in [0.25, 0.3) is 0 Å². The van der Waals surface area contributed by atoms with E-state index in [1.54, 1.807) is 24.1 Å². The van der Waals surface area contributed by atoms with Gasteiger partial charge in [-0.25, -0.2) is 9.10 Å². The molecule has 1 aromatic carbocycles. The van der Waals surface area contributed by atoms with Gasteiger partial charge in [-0.05, 0) is 67.7 Å². The fraction of sp³-hybridized carbons (Fsp3) is 0.650. The molecule has 0 aliphatic heterocycles. The van der Waals surface area contributed by atoms with E-state index in [-0.39, 0.29) is 23.7 Å². The largest absolute Gasteiger partial charge is 0.504 e. The molecule has 2 atom stereocenters. The highest BCUT2D eigenvalue weighted by atomic mass is 32.2. The normalized spacial score (nSPS) is 19.6. The molecule has 1 aromatic rings. The lowest BCUT2D eigenvalue weighted by Gasteiger charge is -2.23. The van der Waals surface area contributed by atoms with Crippen LogP contribution < -0.4 is 5.32 Å². The highest BCUT2D eigenvalue weighted by Gasteiger charge is 2.24. The topological polar surface area (TPSA) is 82.0 Å². The number of phenolic OH excluding ortho intramolecular Hbond substituents is 2. The molecule has 3 N–H and O–H groups in total. The van der Waals surface area contributed by atoms with E-state index in [1.165, 1.54) is 6.07 Å². The van der Waals surface area contributed by atoms with E-state index in [1.807, 2.05) is 0 Å². The van der Waals surface area contributed by atoms with Crippen molar-refractivity contribution in [2.24, 2.45) is 11.8 Å². The van der Waals surface area contributed by atoms with Crippen molar-refractivity contribution in [3.8, 4) is 11.5 Å². The Morgan fingerprint density at radius 1 is 1.33 bits per heavy atom. The van der Waals surface area contributed by atoms with Crippen LogP contribution >= 0.6 is 11.9 Å². The number of amides is 1. The van der Waals surface area contributed by atoms with Crippen LogP contribution in [-0.4, -0.2) is 46.3 Å². The summed E-state index contributed by atoms with van der Waals surface area (Å²) in [7, 11) is 0.